The van der Waals surface area contributed by atoms with E-state index in [0.29, 0.717) is 5.82 Å². The maximum Gasteiger partial charge on any atom is 0.422 e. The van der Waals surface area contributed by atoms with Gasteiger partial charge in [-0.1, -0.05) is 0 Å². The number of nitrogens with one attached hydrogen (secondary N) is 1. The summed E-state index contributed by atoms with van der Waals surface area (Å²) < 4.78 is 39.6. The fourth-order valence-electron chi connectivity index (χ4n) is 0.711. The average Bonchev–Trinajstić information content (AvgIpc) is 2.14. The van der Waals surface area contributed by atoms with Crippen LogP contribution in [0.2, 0.25) is 0 Å². The molecule has 7 heteroatoms. The number of aromatic nitrogens is 2. The Morgan fingerprint density at radius 2 is 2.14 bits per heavy atom. The lowest BCUT2D eigenvalue weighted by Gasteiger charge is -2.08. The van der Waals surface area contributed by atoms with Crippen LogP contribution < -0.4 is 10.1 Å². The van der Waals surface area contributed by atoms with Gasteiger partial charge < -0.3 is 10.1 Å². The zero-order valence-corrected chi connectivity index (χ0v) is 7.30. The highest BCUT2D eigenvalue weighted by molar-refractivity contribution is 5.35. The summed E-state index contributed by atoms with van der Waals surface area (Å²) in [6.07, 6.45) is -3.23. The van der Waals surface area contributed by atoms with Crippen molar-refractivity contribution in [2.24, 2.45) is 0 Å². The van der Waals surface area contributed by atoms with Gasteiger partial charge in [0, 0.05) is 13.1 Å². The SMILES string of the molecule is CNc1cc(OCC(F)(F)F)ncn1. The van der Waals surface area contributed by atoms with Crippen LogP contribution in [0.4, 0.5) is 19.0 Å². The van der Waals surface area contributed by atoms with E-state index < -0.39 is 12.8 Å². The van der Waals surface area contributed by atoms with Gasteiger partial charge >= 0.3 is 6.18 Å². The minimum Gasteiger partial charge on any atom is -0.468 e. The van der Waals surface area contributed by atoms with Gasteiger partial charge in [-0.05, 0) is 0 Å². The Morgan fingerprint density at radius 1 is 1.43 bits per heavy atom. The van der Waals surface area contributed by atoms with E-state index in [2.05, 4.69) is 20.0 Å². The number of halogens is 3. The van der Waals surface area contributed by atoms with E-state index in [-0.39, 0.29) is 5.88 Å². The van der Waals surface area contributed by atoms with Gasteiger partial charge in [0.15, 0.2) is 6.61 Å². The number of rotatable bonds is 3. The maximum atomic E-state index is 11.7. The molecule has 4 nitrogen and oxygen atoms in total. The molecule has 1 N–H and O–H groups in total. The molecule has 0 radical (unpaired) electrons. The molecular weight excluding hydrogens is 199 g/mol. The highest BCUT2D eigenvalue weighted by Gasteiger charge is 2.28. The quantitative estimate of drug-likeness (QED) is 0.815. The second kappa shape index (κ2) is 4.12. The molecule has 78 valence electrons. The van der Waals surface area contributed by atoms with Crippen molar-refractivity contribution >= 4 is 5.82 Å². The third-order valence-corrected chi connectivity index (χ3v) is 1.28. The van der Waals surface area contributed by atoms with E-state index in [1.807, 2.05) is 0 Å². The molecule has 0 spiro atoms. The summed E-state index contributed by atoms with van der Waals surface area (Å²) >= 11 is 0. The molecule has 0 aliphatic heterocycles. The van der Waals surface area contributed by atoms with Gasteiger partial charge in [0.2, 0.25) is 5.88 Å². The van der Waals surface area contributed by atoms with Crippen molar-refractivity contribution < 1.29 is 17.9 Å². The Kier molecular flexibility index (Phi) is 3.10. The highest BCUT2D eigenvalue weighted by atomic mass is 19.4. The van der Waals surface area contributed by atoms with Crippen molar-refractivity contribution in [2.45, 2.75) is 6.18 Å². The Morgan fingerprint density at radius 3 is 2.71 bits per heavy atom. The maximum absolute atomic E-state index is 11.7. The van der Waals surface area contributed by atoms with E-state index in [1.54, 1.807) is 7.05 Å². The second-order valence-electron chi connectivity index (χ2n) is 2.40. The Labute approximate surface area is 78.1 Å². The Hall–Kier alpha value is -1.53. The first-order valence-electron chi connectivity index (χ1n) is 3.70. The first-order chi connectivity index (χ1) is 6.51. The predicted molar refractivity (Wildman–Crippen MR) is 43.1 cm³/mol. The normalized spacial score (nSPS) is 11.1. The number of hydrogen-bond donors (Lipinski definition) is 1. The van der Waals surface area contributed by atoms with Crippen LogP contribution in [-0.4, -0.2) is 29.8 Å². The third kappa shape index (κ3) is 3.46. The molecule has 0 atom stereocenters. The van der Waals surface area contributed by atoms with Crippen LogP contribution in [0.5, 0.6) is 5.88 Å². The monoisotopic (exact) mass is 207 g/mol. The molecular formula is C7H8F3N3O. The molecule has 0 unspecified atom stereocenters. The van der Waals surface area contributed by atoms with Crippen LogP contribution in [0.3, 0.4) is 0 Å². The number of nitrogens with zero attached hydrogens (tertiary/aromatic N) is 2. The van der Waals surface area contributed by atoms with E-state index >= 15 is 0 Å². The van der Waals surface area contributed by atoms with Crippen LogP contribution in [0.25, 0.3) is 0 Å². The second-order valence-corrected chi connectivity index (χ2v) is 2.40. The van der Waals surface area contributed by atoms with Gasteiger partial charge in [-0.25, -0.2) is 9.97 Å². The van der Waals surface area contributed by atoms with Gasteiger partial charge in [-0.3, -0.25) is 0 Å². The molecule has 0 aliphatic carbocycles. The minimum atomic E-state index is -4.36. The Bertz CT molecular complexity index is 302. The van der Waals surface area contributed by atoms with E-state index in [4.69, 9.17) is 0 Å². The molecule has 1 aromatic heterocycles. The van der Waals surface area contributed by atoms with Gasteiger partial charge in [-0.2, -0.15) is 13.2 Å². The molecule has 0 saturated heterocycles. The lowest BCUT2D eigenvalue weighted by molar-refractivity contribution is -0.154. The molecule has 0 bridgehead atoms. The van der Waals surface area contributed by atoms with Crippen LogP contribution in [0.15, 0.2) is 12.4 Å². The Balaban J connectivity index is 2.59. The first-order valence-corrected chi connectivity index (χ1v) is 3.70. The summed E-state index contributed by atoms with van der Waals surface area (Å²) in [6, 6.07) is 1.28. The summed E-state index contributed by atoms with van der Waals surface area (Å²) in [6.45, 7) is -1.35. The minimum absolute atomic E-state index is 0.110. The van der Waals surface area contributed by atoms with Crippen LogP contribution in [0, 0.1) is 0 Å². The fraction of sp³-hybridized carbons (Fsp3) is 0.429. The van der Waals surface area contributed by atoms with Crippen molar-refractivity contribution in [1.82, 2.24) is 9.97 Å². The van der Waals surface area contributed by atoms with Crippen LogP contribution >= 0.6 is 0 Å². The molecule has 0 fully saturated rings. The van der Waals surface area contributed by atoms with Gasteiger partial charge in [0.1, 0.15) is 12.1 Å². The van der Waals surface area contributed by atoms with Gasteiger partial charge in [-0.15, -0.1) is 0 Å². The lowest BCUT2D eigenvalue weighted by atomic mass is 10.5. The molecule has 0 amide bonds. The smallest absolute Gasteiger partial charge is 0.422 e. The molecule has 0 aliphatic rings. The first kappa shape index (κ1) is 10.6. The summed E-state index contributed by atoms with van der Waals surface area (Å²) in [5.41, 5.74) is 0. The summed E-state index contributed by atoms with van der Waals surface area (Å²) in [5.74, 6) is 0.291. The number of hydrogen-bond acceptors (Lipinski definition) is 4. The number of anilines is 1. The lowest BCUT2D eigenvalue weighted by Crippen LogP contribution is -2.19. The summed E-state index contributed by atoms with van der Waals surface area (Å²) in [5, 5.41) is 2.65. The molecule has 14 heavy (non-hydrogen) atoms. The standard InChI is InChI=1S/C7H8F3N3O/c1-11-5-2-6(13-4-12-5)14-3-7(8,9)10/h2,4H,3H2,1H3,(H,11,12,13). The molecule has 0 saturated carbocycles. The van der Waals surface area contributed by atoms with Crippen molar-refractivity contribution in [3.63, 3.8) is 0 Å². The van der Waals surface area contributed by atoms with Crippen LogP contribution in [0.1, 0.15) is 0 Å². The van der Waals surface area contributed by atoms with Crippen LogP contribution in [-0.2, 0) is 0 Å². The van der Waals surface area contributed by atoms with Gasteiger partial charge in [0.05, 0.1) is 0 Å². The van der Waals surface area contributed by atoms with Crippen molar-refractivity contribution in [3.8, 4) is 5.88 Å². The zero-order valence-electron chi connectivity index (χ0n) is 7.30. The summed E-state index contributed by atoms with van der Waals surface area (Å²) in [7, 11) is 1.59. The number of ether oxygens (including phenoxy) is 1. The predicted octanol–water partition coefficient (Wildman–Crippen LogP) is 1.46. The largest absolute Gasteiger partial charge is 0.468 e. The number of alkyl halides is 3. The fourth-order valence-corrected chi connectivity index (χ4v) is 0.711. The van der Waals surface area contributed by atoms with E-state index in [1.165, 1.54) is 6.07 Å². The zero-order chi connectivity index (χ0) is 10.6. The highest BCUT2D eigenvalue weighted by Crippen LogP contribution is 2.17. The van der Waals surface area contributed by atoms with Crippen molar-refractivity contribution in [2.75, 3.05) is 19.0 Å². The molecule has 1 heterocycles. The molecule has 1 aromatic rings. The van der Waals surface area contributed by atoms with Gasteiger partial charge in [0.25, 0.3) is 0 Å². The van der Waals surface area contributed by atoms with E-state index in [0.717, 1.165) is 6.33 Å². The van der Waals surface area contributed by atoms with Crippen molar-refractivity contribution in [3.05, 3.63) is 12.4 Å². The molecule has 1 rings (SSSR count). The molecule has 0 aromatic carbocycles. The average molecular weight is 207 g/mol. The topological polar surface area (TPSA) is 47.0 Å². The van der Waals surface area contributed by atoms with Crippen molar-refractivity contribution in [1.29, 1.82) is 0 Å². The summed E-state index contributed by atoms with van der Waals surface area (Å²) in [4.78, 5) is 7.24. The third-order valence-electron chi connectivity index (χ3n) is 1.28. The van der Waals surface area contributed by atoms with E-state index in [9.17, 15) is 13.2 Å².